The number of rotatable bonds is 9. The van der Waals surface area contributed by atoms with Crippen LogP contribution in [0.5, 0.6) is 11.5 Å². The van der Waals surface area contributed by atoms with E-state index in [1.807, 2.05) is 18.2 Å². The fourth-order valence-corrected chi connectivity index (χ4v) is 4.32. The predicted octanol–water partition coefficient (Wildman–Crippen LogP) is 4.31. The Morgan fingerprint density at radius 1 is 1.17 bits per heavy atom. The molecule has 1 N–H and O–H groups in total. The van der Waals surface area contributed by atoms with Crippen molar-refractivity contribution in [2.45, 2.75) is 13.5 Å². The second kappa shape index (κ2) is 10.0. The van der Waals surface area contributed by atoms with Crippen molar-refractivity contribution in [2.75, 3.05) is 26.1 Å². The smallest absolute Gasteiger partial charge is 0.357 e. The number of nitrogens with zero attached hydrogens (tertiary/aromatic N) is 5. The fourth-order valence-electron chi connectivity index (χ4n) is 3.52. The SMILES string of the molecule is CCOC(=O)c1csc(-c2cnc(NCc3ccc(OC)c(OC)c3)n3nc(-c4ccco4)nc23)n1. The van der Waals surface area contributed by atoms with Gasteiger partial charge in [0.05, 0.1) is 32.7 Å². The van der Waals surface area contributed by atoms with Crippen LogP contribution in [0.1, 0.15) is 23.0 Å². The number of aromatic nitrogens is 5. The zero-order valence-electron chi connectivity index (χ0n) is 19.7. The summed E-state index contributed by atoms with van der Waals surface area (Å²) in [6.45, 7) is 2.47. The van der Waals surface area contributed by atoms with Gasteiger partial charge in [-0.2, -0.15) is 4.52 Å². The van der Waals surface area contributed by atoms with E-state index < -0.39 is 5.97 Å². The normalized spacial score (nSPS) is 11.0. The molecule has 1 aromatic carbocycles. The van der Waals surface area contributed by atoms with Crippen molar-refractivity contribution in [1.82, 2.24) is 24.6 Å². The lowest BCUT2D eigenvalue weighted by Gasteiger charge is -2.11. The summed E-state index contributed by atoms with van der Waals surface area (Å²) in [6.07, 6.45) is 3.21. The van der Waals surface area contributed by atoms with Crippen LogP contribution in [-0.4, -0.2) is 51.4 Å². The first kappa shape index (κ1) is 23.3. The number of benzene rings is 1. The van der Waals surface area contributed by atoms with Gasteiger partial charge in [0.2, 0.25) is 11.8 Å². The summed E-state index contributed by atoms with van der Waals surface area (Å²) in [4.78, 5) is 25.8. The lowest BCUT2D eigenvalue weighted by molar-refractivity contribution is 0.0520. The summed E-state index contributed by atoms with van der Waals surface area (Å²) in [5.41, 5.74) is 2.32. The van der Waals surface area contributed by atoms with E-state index in [4.69, 9.17) is 18.6 Å². The first-order valence-corrected chi connectivity index (χ1v) is 11.9. The predicted molar refractivity (Wildman–Crippen MR) is 132 cm³/mol. The minimum atomic E-state index is -0.477. The monoisotopic (exact) mass is 506 g/mol. The molecule has 0 aliphatic rings. The number of ether oxygens (including phenoxy) is 3. The van der Waals surface area contributed by atoms with Crippen LogP contribution in [0, 0.1) is 0 Å². The molecule has 5 aromatic rings. The van der Waals surface area contributed by atoms with Gasteiger partial charge in [-0.1, -0.05) is 6.07 Å². The van der Waals surface area contributed by atoms with Crippen LogP contribution in [0.2, 0.25) is 0 Å². The van der Waals surface area contributed by atoms with E-state index in [-0.39, 0.29) is 12.3 Å². The standard InChI is InChI=1S/C24H22N6O5S/c1-4-34-23(31)16-13-36-22(27-16)15-12-26-24(25-11-14-7-8-17(32-2)19(10-14)33-3)30-21(15)28-20(29-30)18-6-5-9-35-18/h5-10,12-13H,4,11H2,1-3H3,(H,25,26). The van der Waals surface area contributed by atoms with Crippen molar-refractivity contribution in [1.29, 1.82) is 0 Å². The van der Waals surface area contributed by atoms with Crippen LogP contribution in [0.4, 0.5) is 5.95 Å². The van der Waals surface area contributed by atoms with Crippen molar-refractivity contribution in [3.05, 3.63) is 59.4 Å². The molecule has 0 unspecified atom stereocenters. The Balaban J connectivity index is 1.51. The maximum Gasteiger partial charge on any atom is 0.357 e. The molecular weight excluding hydrogens is 484 g/mol. The Labute approximate surface area is 209 Å². The van der Waals surface area contributed by atoms with Gasteiger partial charge in [0.1, 0.15) is 5.01 Å². The lowest BCUT2D eigenvalue weighted by Crippen LogP contribution is -2.08. The Kier molecular flexibility index (Phi) is 6.50. The highest BCUT2D eigenvalue weighted by molar-refractivity contribution is 7.13. The maximum absolute atomic E-state index is 12.1. The molecule has 12 heteroatoms. The van der Waals surface area contributed by atoms with Crippen LogP contribution in [-0.2, 0) is 11.3 Å². The third-order valence-electron chi connectivity index (χ3n) is 5.22. The van der Waals surface area contributed by atoms with Gasteiger partial charge in [-0.15, -0.1) is 16.4 Å². The number of anilines is 1. The molecule has 11 nitrogen and oxygen atoms in total. The first-order valence-electron chi connectivity index (χ1n) is 11.0. The number of nitrogens with one attached hydrogen (secondary N) is 1. The molecule has 4 heterocycles. The van der Waals surface area contributed by atoms with Gasteiger partial charge < -0.3 is 23.9 Å². The molecule has 0 atom stereocenters. The molecule has 36 heavy (non-hydrogen) atoms. The number of thiazole rings is 1. The molecule has 5 rings (SSSR count). The van der Waals surface area contributed by atoms with Gasteiger partial charge in [0.25, 0.3) is 0 Å². The topological polar surface area (TPSA) is 126 Å². The zero-order valence-corrected chi connectivity index (χ0v) is 20.5. The molecule has 0 fully saturated rings. The van der Waals surface area contributed by atoms with Gasteiger partial charge in [-0.3, -0.25) is 0 Å². The molecule has 0 bridgehead atoms. The summed E-state index contributed by atoms with van der Waals surface area (Å²) in [6, 6.07) is 9.21. The zero-order chi connectivity index (χ0) is 25.1. The van der Waals surface area contributed by atoms with E-state index in [0.717, 1.165) is 5.56 Å². The van der Waals surface area contributed by atoms with E-state index >= 15 is 0 Å². The fraction of sp³-hybridized carbons (Fsp3) is 0.208. The third-order valence-corrected chi connectivity index (χ3v) is 6.10. The average molecular weight is 507 g/mol. The van der Waals surface area contributed by atoms with Crippen molar-refractivity contribution in [2.24, 2.45) is 0 Å². The highest BCUT2D eigenvalue weighted by Crippen LogP contribution is 2.31. The van der Waals surface area contributed by atoms with Crippen LogP contribution in [0.25, 0.3) is 27.8 Å². The average Bonchev–Trinajstić information content (AvgIpc) is 3.67. The first-order chi connectivity index (χ1) is 17.6. The number of hydrogen-bond acceptors (Lipinski definition) is 11. The van der Waals surface area contributed by atoms with Crippen LogP contribution in [0.3, 0.4) is 0 Å². The van der Waals surface area contributed by atoms with E-state index in [1.54, 1.807) is 55.6 Å². The number of furan rings is 1. The molecule has 0 spiro atoms. The van der Waals surface area contributed by atoms with Crippen molar-refractivity contribution < 1.29 is 23.4 Å². The molecule has 0 aliphatic heterocycles. The van der Waals surface area contributed by atoms with Gasteiger partial charge in [0, 0.05) is 18.1 Å². The number of carbonyl (C=O) groups excluding carboxylic acids is 1. The number of esters is 1. The molecule has 0 radical (unpaired) electrons. The Hall–Kier alpha value is -4.45. The van der Waals surface area contributed by atoms with Gasteiger partial charge >= 0.3 is 5.97 Å². The van der Waals surface area contributed by atoms with E-state index in [0.29, 0.717) is 51.8 Å². The molecule has 0 aliphatic carbocycles. The summed E-state index contributed by atoms with van der Waals surface area (Å²) in [5.74, 6) is 2.18. The summed E-state index contributed by atoms with van der Waals surface area (Å²) in [7, 11) is 3.19. The number of fused-ring (bicyclic) bond motifs is 1. The molecule has 0 saturated heterocycles. The molecule has 4 aromatic heterocycles. The lowest BCUT2D eigenvalue weighted by atomic mass is 10.2. The minimum Gasteiger partial charge on any atom is -0.493 e. The Morgan fingerprint density at radius 3 is 2.78 bits per heavy atom. The van der Waals surface area contributed by atoms with E-state index in [9.17, 15) is 4.79 Å². The number of hydrogen-bond donors (Lipinski definition) is 1. The minimum absolute atomic E-state index is 0.233. The Bertz CT molecular complexity index is 1510. The van der Waals surface area contributed by atoms with Gasteiger partial charge in [-0.05, 0) is 36.8 Å². The van der Waals surface area contributed by atoms with Gasteiger partial charge in [0.15, 0.2) is 28.6 Å². The molecule has 0 amide bonds. The highest BCUT2D eigenvalue weighted by atomic mass is 32.1. The van der Waals surface area contributed by atoms with Crippen LogP contribution >= 0.6 is 11.3 Å². The van der Waals surface area contributed by atoms with Crippen molar-refractivity contribution >= 4 is 28.9 Å². The van der Waals surface area contributed by atoms with E-state index in [2.05, 4.69) is 25.4 Å². The Morgan fingerprint density at radius 2 is 2.03 bits per heavy atom. The summed E-state index contributed by atoms with van der Waals surface area (Å²) < 4.78 is 22.9. The summed E-state index contributed by atoms with van der Waals surface area (Å²) in [5, 5.41) is 10.1. The van der Waals surface area contributed by atoms with Crippen molar-refractivity contribution in [3.63, 3.8) is 0 Å². The van der Waals surface area contributed by atoms with Crippen LogP contribution in [0.15, 0.2) is 52.6 Å². The van der Waals surface area contributed by atoms with Crippen molar-refractivity contribution in [3.8, 4) is 33.7 Å². The largest absolute Gasteiger partial charge is 0.493 e. The molecule has 0 saturated carbocycles. The molecule has 184 valence electrons. The maximum atomic E-state index is 12.1. The second-order valence-corrected chi connectivity index (χ2v) is 8.30. The highest BCUT2D eigenvalue weighted by Gasteiger charge is 2.20. The number of methoxy groups -OCH3 is 2. The summed E-state index contributed by atoms with van der Waals surface area (Å²) >= 11 is 1.30. The quantitative estimate of drug-likeness (QED) is 0.289. The molecular formula is C24H22N6O5S. The number of carbonyl (C=O) groups is 1. The van der Waals surface area contributed by atoms with Crippen LogP contribution < -0.4 is 14.8 Å². The second-order valence-electron chi connectivity index (χ2n) is 7.44. The van der Waals surface area contributed by atoms with E-state index in [1.165, 1.54) is 11.3 Å². The third kappa shape index (κ3) is 4.45. The van der Waals surface area contributed by atoms with Gasteiger partial charge in [-0.25, -0.2) is 19.7 Å².